The predicted octanol–water partition coefficient (Wildman–Crippen LogP) is 7.68. The zero-order valence-corrected chi connectivity index (χ0v) is 34.0. The molecule has 59 heavy (non-hydrogen) atoms. The first-order chi connectivity index (χ1) is 28.4. The van der Waals surface area contributed by atoms with E-state index in [4.69, 9.17) is 22.7 Å². The van der Waals surface area contributed by atoms with Gasteiger partial charge in [0.25, 0.3) is 0 Å². The number of hydrogen-bond donors (Lipinski definition) is 4. The molecule has 14 heteroatoms. The van der Waals surface area contributed by atoms with Crippen molar-refractivity contribution < 1.29 is 32.7 Å². The quantitative estimate of drug-likeness (QED) is 0.0482. The Morgan fingerprint density at radius 2 is 1.66 bits per heavy atom. The lowest BCUT2D eigenvalue weighted by Gasteiger charge is -2.29. The molecule has 4 amide bonds. The van der Waals surface area contributed by atoms with Crippen molar-refractivity contribution in [3.63, 3.8) is 0 Å². The van der Waals surface area contributed by atoms with E-state index in [2.05, 4.69) is 25.4 Å². The maximum atomic E-state index is 14.1. The molecule has 1 saturated heterocycles. The van der Waals surface area contributed by atoms with Crippen LogP contribution in [0.15, 0.2) is 66.9 Å². The topological polar surface area (TPSA) is 148 Å². The highest BCUT2D eigenvalue weighted by atomic mass is 32.1. The van der Waals surface area contributed by atoms with E-state index >= 15 is 0 Å². The largest absolute Gasteiger partial charge is 0.491 e. The highest BCUT2D eigenvalue weighted by molar-refractivity contribution is 7.80. The third kappa shape index (κ3) is 10.5. The second kappa shape index (κ2) is 18.8. The van der Waals surface area contributed by atoms with Gasteiger partial charge in [-0.2, -0.15) is 0 Å². The SMILES string of the molecule is NC(=S)c1cccc(-c2cn(C3CCC(F)(F)CC3)c3cc(NC(=O)CCCCCCCC(=O)NCCOc4cccc5c4CN(C4CCC(=O)NC4=O)C5)ccc23)c1. The summed E-state index contributed by atoms with van der Waals surface area (Å²) in [5.41, 5.74) is 12.2. The van der Waals surface area contributed by atoms with Crippen molar-refractivity contribution in [2.75, 3.05) is 18.5 Å². The summed E-state index contributed by atoms with van der Waals surface area (Å²) in [6.07, 6.45) is 8.24. The van der Waals surface area contributed by atoms with Crippen LogP contribution in [0.1, 0.15) is 106 Å². The average molecular weight is 827 g/mol. The summed E-state index contributed by atoms with van der Waals surface area (Å²) in [5, 5.41) is 9.36. The smallest absolute Gasteiger partial charge is 0.248 e. The fourth-order valence-electron chi connectivity index (χ4n) is 8.57. The van der Waals surface area contributed by atoms with E-state index in [0.717, 1.165) is 76.6 Å². The average Bonchev–Trinajstić information content (AvgIpc) is 3.82. The second-order valence-corrected chi connectivity index (χ2v) is 16.4. The van der Waals surface area contributed by atoms with Gasteiger partial charge in [0.2, 0.25) is 29.6 Å². The molecule has 0 spiro atoms. The number of benzene rings is 3. The molecule has 2 aliphatic heterocycles. The van der Waals surface area contributed by atoms with Crippen LogP contribution in [-0.4, -0.2) is 63.2 Å². The number of nitrogens with two attached hydrogens (primary N) is 1. The zero-order valence-electron chi connectivity index (χ0n) is 33.2. The van der Waals surface area contributed by atoms with Gasteiger partial charge < -0.3 is 25.7 Å². The van der Waals surface area contributed by atoms with Gasteiger partial charge in [0, 0.05) is 85.2 Å². The Bertz CT molecular complexity index is 2220. The van der Waals surface area contributed by atoms with Gasteiger partial charge in [0.1, 0.15) is 17.3 Å². The number of aromatic nitrogens is 1. The van der Waals surface area contributed by atoms with Gasteiger partial charge in [-0.3, -0.25) is 29.4 Å². The molecule has 0 bridgehead atoms. The van der Waals surface area contributed by atoms with Crippen molar-refractivity contribution in [1.82, 2.24) is 20.1 Å². The third-order valence-corrected chi connectivity index (χ3v) is 12.0. The lowest BCUT2D eigenvalue weighted by Crippen LogP contribution is -2.50. The summed E-state index contributed by atoms with van der Waals surface area (Å²) >= 11 is 5.21. The first-order valence-electron chi connectivity index (χ1n) is 20.7. The summed E-state index contributed by atoms with van der Waals surface area (Å²) in [5.74, 6) is -2.48. The van der Waals surface area contributed by atoms with E-state index in [0.29, 0.717) is 75.4 Å². The summed E-state index contributed by atoms with van der Waals surface area (Å²) in [4.78, 5) is 51.8. The van der Waals surface area contributed by atoms with E-state index in [9.17, 15) is 28.0 Å². The Morgan fingerprint density at radius 3 is 2.42 bits per heavy atom. The van der Waals surface area contributed by atoms with Crippen LogP contribution >= 0.6 is 12.2 Å². The minimum Gasteiger partial charge on any atom is -0.491 e. The number of anilines is 1. The van der Waals surface area contributed by atoms with Crippen LogP contribution < -0.4 is 26.4 Å². The first kappa shape index (κ1) is 41.9. The number of unbranched alkanes of at least 4 members (excludes halogenated alkanes) is 4. The molecule has 3 aromatic carbocycles. The minimum atomic E-state index is -2.64. The fraction of sp³-hybridized carbons (Fsp3) is 0.444. The van der Waals surface area contributed by atoms with Crippen LogP contribution in [0.2, 0.25) is 0 Å². The van der Waals surface area contributed by atoms with Crippen LogP contribution in [0, 0.1) is 0 Å². The third-order valence-electron chi connectivity index (χ3n) is 11.8. The van der Waals surface area contributed by atoms with Crippen LogP contribution in [0.4, 0.5) is 14.5 Å². The Labute approximate surface area is 348 Å². The molecule has 7 rings (SSSR count). The van der Waals surface area contributed by atoms with E-state index in [1.165, 1.54) is 0 Å². The van der Waals surface area contributed by atoms with Crippen LogP contribution in [-0.2, 0) is 32.3 Å². The number of halogens is 2. The zero-order chi connectivity index (χ0) is 41.5. The molecule has 1 aromatic heterocycles. The number of rotatable bonds is 17. The molecule has 5 N–H and O–H groups in total. The number of fused-ring (bicyclic) bond motifs is 2. The van der Waals surface area contributed by atoms with Crippen LogP contribution in [0.25, 0.3) is 22.0 Å². The summed E-state index contributed by atoms with van der Waals surface area (Å²) in [7, 11) is 0. The number of thiocarbonyl (C=S) groups is 1. The number of nitrogens with zero attached hydrogens (tertiary/aromatic N) is 2. The molecule has 1 saturated carbocycles. The van der Waals surface area contributed by atoms with Gasteiger partial charge >= 0.3 is 0 Å². The molecule has 4 aromatic rings. The summed E-state index contributed by atoms with van der Waals surface area (Å²) in [6, 6.07) is 18.9. The highest BCUT2D eigenvalue weighted by Crippen LogP contribution is 2.42. The van der Waals surface area contributed by atoms with E-state index < -0.39 is 5.92 Å². The molecule has 2 fully saturated rings. The number of alkyl halides is 2. The molecule has 3 aliphatic rings. The molecular weight excluding hydrogens is 775 g/mol. The first-order valence-corrected chi connectivity index (χ1v) is 21.2. The monoisotopic (exact) mass is 826 g/mol. The maximum Gasteiger partial charge on any atom is 0.248 e. The van der Waals surface area contributed by atoms with Gasteiger partial charge in [0.05, 0.1) is 18.1 Å². The number of carbonyl (C=O) groups excluding carboxylic acids is 4. The summed E-state index contributed by atoms with van der Waals surface area (Å²) in [6.45, 7) is 1.90. The maximum absolute atomic E-state index is 14.1. The van der Waals surface area contributed by atoms with Crippen LogP contribution in [0.5, 0.6) is 5.75 Å². The molecule has 1 aliphatic carbocycles. The molecule has 1 atom stereocenters. The van der Waals surface area contributed by atoms with Gasteiger partial charge in [-0.05, 0) is 67.5 Å². The number of nitrogens with one attached hydrogen (secondary N) is 3. The van der Waals surface area contributed by atoms with Crippen molar-refractivity contribution in [3.05, 3.63) is 83.6 Å². The van der Waals surface area contributed by atoms with Crippen molar-refractivity contribution in [1.29, 1.82) is 0 Å². The lowest BCUT2D eigenvalue weighted by atomic mass is 9.92. The van der Waals surface area contributed by atoms with Crippen molar-refractivity contribution in [2.45, 2.75) is 115 Å². The van der Waals surface area contributed by atoms with Gasteiger partial charge in [-0.25, -0.2) is 8.78 Å². The molecule has 0 radical (unpaired) electrons. The highest BCUT2D eigenvalue weighted by Gasteiger charge is 2.37. The van der Waals surface area contributed by atoms with Crippen molar-refractivity contribution in [3.8, 4) is 16.9 Å². The second-order valence-electron chi connectivity index (χ2n) is 16.0. The van der Waals surface area contributed by atoms with Gasteiger partial charge in [-0.1, -0.05) is 67.9 Å². The molecular formula is C45H52F2N6O5S. The van der Waals surface area contributed by atoms with Crippen molar-refractivity contribution in [2.24, 2.45) is 5.73 Å². The Morgan fingerprint density at radius 1 is 0.915 bits per heavy atom. The Hall–Kier alpha value is -5.21. The number of hydrogen-bond acceptors (Lipinski definition) is 7. The van der Waals surface area contributed by atoms with Gasteiger partial charge in [-0.15, -0.1) is 0 Å². The fourth-order valence-corrected chi connectivity index (χ4v) is 8.70. The van der Waals surface area contributed by atoms with Crippen molar-refractivity contribution >= 4 is 57.4 Å². The Kier molecular flexibility index (Phi) is 13.4. The molecule has 1 unspecified atom stereocenters. The Balaban J connectivity index is 0.813. The predicted molar refractivity (Wildman–Crippen MR) is 227 cm³/mol. The lowest BCUT2D eigenvalue weighted by molar-refractivity contribution is -0.137. The molecule has 312 valence electrons. The summed E-state index contributed by atoms with van der Waals surface area (Å²) < 4.78 is 36.3. The number of carbonyl (C=O) groups is 4. The minimum absolute atomic E-state index is 0.0276. The molecule has 11 nitrogen and oxygen atoms in total. The normalized spacial score (nSPS) is 18.0. The number of piperidine rings is 1. The van der Waals surface area contributed by atoms with E-state index in [1.807, 2.05) is 66.9 Å². The number of imide groups is 1. The number of amides is 4. The van der Waals surface area contributed by atoms with E-state index in [-0.39, 0.29) is 48.6 Å². The van der Waals surface area contributed by atoms with Crippen LogP contribution in [0.3, 0.4) is 0 Å². The number of ether oxygens (including phenoxy) is 1. The standard InChI is InChI=1S/C45H52F2N6O5S/c46-45(47)20-18-33(19-21-45)53-28-35(29-8-6-9-30(24-29)43(48)59)34-15-14-32(25-38(34)53)50-41(55)13-5-3-1-2-4-12-40(54)49-22-23-58-39-11-7-10-31-26-52(27-36(31)39)37-16-17-42(56)51-44(37)57/h6-11,14-15,24-25,28,33,37H,1-5,12-13,16-23,26-27H2,(H2,48,59)(H,49,54)(H,50,55)(H,51,56,57). The molecule has 3 heterocycles. The van der Waals surface area contributed by atoms with Gasteiger partial charge in [0.15, 0.2) is 0 Å². The van der Waals surface area contributed by atoms with E-state index in [1.54, 1.807) is 0 Å².